The van der Waals surface area contributed by atoms with Gasteiger partial charge in [-0.05, 0) is 47.9 Å². The van der Waals surface area contributed by atoms with Gasteiger partial charge in [-0.15, -0.1) is 0 Å². The molecule has 1 heterocycles. The van der Waals surface area contributed by atoms with E-state index in [0.717, 1.165) is 21.3 Å². The number of fused-ring (bicyclic) bond motifs is 2. The Kier molecular flexibility index (Phi) is 6.59. The Morgan fingerprint density at radius 1 is 0.868 bits per heavy atom. The highest BCUT2D eigenvalue weighted by Crippen LogP contribution is 2.36. The van der Waals surface area contributed by atoms with Crippen LogP contribution in [0.5, 0.6) is 11.5 Å². The molecule has 0 aromatic heterocycles. The summed E-state index contributed by atoms with van der Waals surface area (Å²) in [6.07, 6.45) is 0.994. The van der Waals surface area contributed by atoms with Crippen LogP contribution in [-0.2, 0) is 24.8 Å². The molecule has 12 heteroatoms. The Labute approximate surface area is 219 Å². The Morgan fingerprint density at radius 2 is 1.58 bits per heavy atom. The Morgan fingerprint density at radius 3 is 2.34 bits per heavy atom. The van der Waals surface area contributed by atoms with Gasteiger partial charge in [0.05, 0.1) is 22.5 Å². The molecule has 1 aliphatic rings. The SMILES string of the molecule is CS(=O)(=O)N(CC(=O)Nc1ccc(S(=O)(=O)Nc2cccc3ccccc23)cc1)c1ccc2c(c1)OCO2. The van der Waals surface area contributed by atoms with Crippen LogP contribution in [0.15, 0.2) is 89.8 Å². The highest BCUT2D eigenvalue weighted by atomic mass is 32.2. The molecule has 0 aliphatic carbocycles. The van der Waals surface area contributed by atoms with Crippen molar-refractivity contribution in [3.8, 4) is 11.5 Å². The first-order chi connectivity index (χ1) is 18.1. The van der Waals surface area contributed by atoms with Gasteiger partial charge in [0.1, 0.15) is 6.54 Å². The molecule has 0 bridgehead atoms. The van der Waals surface area contributed by atoms with Gasteiger partial charge in [-0.25, -0.2) is 16.8 Å². The van der Waals surface area contributed by atoms with Crippen LogP contribution in [0.4, 0.5) is 17.1 Å². The van der Waals surface area contributed by atoms with Gasteiger partial charge in [0, 0.05) is 17.1 Å². The monoisotopic (exact) mass is 553 g/mol. The lowest BCUT2D eigenvalue weighted by atomic mass is 10.1. The van der Waals surface area contributed by atoms with Crippen LogP contribution < -0.4 is 23.8 Å². The minimum Gasteiger partial charge on any atom is -0.454 e. The maximum Gasteiger partial charge on any atom is 0.261 e. The molecule has 0 radical (unpaired) electrons. The predicted octanol–water partition coefficient (Wildman–Crippen LogP) is 3.77. The number of rotatable bonds is 8. The molecule has 196 valence electrons. The third kappa shape index (κ3) is 5.36. The zero-order chi connectivity index (χ0) is 26.9. The fraction of sp³-hybridized carbons (Fsp3) is 0.115. The number of sulfonamides is 2. The van der Waals surface area contributed by atoms with Gasteiger partial charge < -0.3 is 14.8 Å². The Bertz CT molecular complexity index is 1730. The van der Waals surface area contributed by atoms with Crippen LogP contribution >= 0.6 is 0 Å². The molecule has 2 N–H and O–H groups in total. The maximum absolute atomic E-state index is 13.0. The third-order valence-corrected chi connectivity index (χ3v) is 8.34. The molecule has 0 atom stereocenters. The summed E-state index contributed by atoms with van der Waals surface area (Å²) in [6, 6.07) is 22.9. The van der Waals surface area contributed by atoms with Crippen LogP contribution in [0.3, 0.4) is 0 Å². The summed E-state index contributed by atoms with van der Waals surface area (Å²) in [4.78, 5) is 12.7. The molecule has 0 saturated carbocycles. The highest BCUT2D eigenvalue weighted by Gasteiger charge is 2.24. The normalized spacial score (nSPS) is 12.8. The average molecular weight is 554 g/mol. The second-order valence-electron chi connectivity index (χ2n) is 8.51. The zero-order valence-corrected chi connectivity index (χ0v) is 21.8. The van der Waals surface area contributed by atoms with Gasteiger partial charge in [0.15, 0.2) is 11.5 Å². The van der Waals surface area contributed by atoms with E-state index in [9.17, 15) is 21.6 Å². The van der Waals surface area contributed by atoms with E-state index < -0.39 is 32.5 Å². The summed E-state index contributed by atoms with van der Waals surface area (Å²) in [5, 5.41) is 4.26. The first-order valence-electron chi connectivity index (χ1n) is 11.4. The molecule has 5 rings (SSSR count). The van der Waals surface area contributed by atoms with E-state index in [-0.39, 0.29) is 17.4 Å². The van der Waals surface area contributed by atoms with Crippen LogP contribution in [0.25, 0.3) is 10.8 Å². The lowest BCUT2D eigenvalue weighted by Gasteiger charge is -2.22. The van der Waals surface area contributed by atoms with Gasteiger partial charge in [-0.1, -0.05) is 36.4 Å². The summed E-state index contributed by atoms with van der Waals surface area (Å²) in [5.74, 6) is 0.250. The number of ether oxygens (including phenoxy) is 2. The van der Waals surface area contributed by atoms with Gasteiger partial charge in [0.25, 0.3) is 10.0 Å². The van der Waals surface area contributed by atoms with Crippen molar-refractivity contribution < 1.29 is 31.1 Å². The molecular weight excluding hydrogens is 530 g/mol. The zero-order valence-electron chi connectivity index (χ0n) is 20.1. The van der Waals surface area contributed by atoms with Crippen molar-refractivity contribution in [2.75, 3.05) is 33.9 Å². The molecule has 0 unspecified atom stereocenters. The van der Waals surface area contributed by atoms with Crippen molar-refractivity contribution in [1.82, 2.24) is 0 Å². The van der Waals surface area contributed by atoms with E-state index in [1.165, 1.54) is 36.4 Å². The largest absolute Gasteiger partial charge is 0.454 e. The van der Waals surface area contributed by atoms with Gasteiger partial charge in [-0.2, -0.15) is 0 Å². The molecule has 38 heavy (non-hydrogen) atoms. The topological polar surface area (TPSA) is 131 Å². The number of hydrogen-bond donors (Lipinski definition) is 2. The van der Waals surface area contributed by atoms with Crippen molar-refractivity contribution >= 4 is 53.8 Å². The fourth-order valence-corrected chi connectivity index (χ4v) is 5.93. The number of carbonyl (C=O) groups excluding carboxylic acids is 1. The first kappa shape index (κ1) is 25.4. The number of carbonyl (C=O) groups is 1. The second kappa shape index (κ2) is 9.88. The lowest BCUT2D eigenvalue weighted by Crippen LogP contribution is -2.37. The summed E-state index contributed by atoms with van der Waals surface area (Å²) in [6.45, 7) is -0.470. The summed E-state index contributed by atoms with van der Waals surface area (Å²) < 4.78 is 64.9. The average Bonchev–Trinajstić information content (AvgIpc) is 3.35. The molecule has 0 saturated heterocycles. The minimum absolute atomic E-state index is 0.00144. The van der Waals surface area contributed by atoms with Crippen LogP contribution in [-0.4, -0.2) is 42.3 Å². The second-order valence-corrected chi connectivity index (χ2v) is 12.1. The molecule has 1 amide bonds. The van der Waals surface area contributed by atoms with Crippen LogP contribution in [0.2, 0.25) is 0 Å². The molecule has 0 spiro atoms. The van der Waals surface area contributed by atoms with Crippen LogP contribution in [0.1, 0.15) is 0 Å². The summed E-state index contributed by atoms with van der Waals surface area (Å²) >= 11 is 0. The molecule has 4 aromatic carbocycles. The van der Waals surface area contributed by atoms with E-state index in [0.29, 0.717) is 22.9 Å². The smallest absolute Gasteiger partial charge is 0.261 e. The standard InChI is InChI=1S/C26H23N3O7S2/c1-37(31,32)29(20-11-14-24-25(15-20)36-17-35-24)16-26(30)27-19-9-12-21(13-10-19)38(33,34)28-23-8-4-6-18-5-2-3-7-22(18)23/h2-15,28H,16-17H2,1H3,(H,27,30). The first-order valence-corrected chi connectivity index (χ1v) is 14.7. The number of nitrogens with one attached hydrogen (secondary N) is 2. The fourth-order valence-electron chi connectivity index (χ4n) is 4.01. The predicted molar refractivity (Wildman–Crippen MR) is 145 cm³/mol. The van der Waals surface area contributed by atoms with Crippen molar-refractivity contribution in [1.29, 1.82) is 0 Å². The maximum atomic E-state index is 13.0. The van der Waals surface area contributed by atoms with E-state index in [1.54, 1.807) is 18.2 Å². The van der Waals surface area contributed by atoms with Gasteiger partial charge in [0.2, 0.25) is 22.7 Å². The minimum atomic E-state index is -3.90. The van der Waals surface area contributed by atoms with Crippen LogP contribution in [0, 0.1) is 0 Å². The van der Waals surface area contributed by atoms with Crippen molar-refractivity contribution in [2.45, 2.75) is 4.90 Å². The summed E-state index contributed by atoms with van der Waals surface area (Å²) in [7, 11) is -7.71. The molecule has 4 aromatic rings. The molecular formula is C26H23N3O7S2. The van der Waals surface area contributed by atoms with E-state index >= 15 is 0 Å². The third-order valence-electron chi connectivity index (χ3n) is 5.81. The summed E-state index contributed by atoms with van der Waals surface area (Å²) in [5.41, 5.74) is 0.996. The van der Waals surface area contributed by atoms with Crippen molar-refractivity contribution in [2.24, 2.45) is 0 Å². The lowest BCUT2D eigenvalue weighted by molar-refractivity contribution is -0.114. The van der Waals surface area contributed by atoms with Gasteiger partial charge >= 0.3 is 0 Å². The molecule has 1 aliphatic heterocycles. The van der Waals surface area contributed by atoms with E-state index in [2.05, 4.69) is 10.0 Å². The van der Waals surface area contributed by atoms with E-state index in [1.807, 2.05) is 30.3 Å². The number of amides is 1. The number of anilines is 3. The Balaban J connectivity index is 1.29. The number of benzene rings is 4. The highest BCUT2D eigenvalue weighted by molar-refractivity contribution is 7.92. The van der Waals surface area contributed by atoms with Crippen molar-refractivity contribution in [3.05, 3.63) is 84.9 Å². The number of nitrogens with zero attached hydrogens (tertiary/aromatic N) is 1. The van der Waals surface area contributed by atoms with E-state index in [4.69, 9.17) is 9.47 Å². The molecule has 10 nitrogen and oxygen atoms in total. The number of hydrogen-bond acceptors (Lipinski definition) is 7. The van der Waals surface area contributed by atoms with Gasteiger partial charge in [-0.3, -0.25) is 13.8 Å². The Hall–Kier alpha value is -4.29. The van der Waals surface area contributed by atoms with Crippen molar-refractivity contribution in [3.63, 3.8) is 0 Å². The molecule has 0 fully saturated rings. The quantitative estimate of drug-likeness (QED) is 0.340.